The van der Waals surface area contributed by atoms with Gasteiger partial charge in [0, 0.05) is 27.6 Å². The summed E-state index contributed by atoms with van der Waals surface area (Å²) < 4.78 is 5.66. The van der Waals surface area contributed by atoms with Gasteiger partial charge in [0.2, 0.25) is 0 Å². The van der Waals surface area contributed by atoms with E-state index in [0.717, 1.165) is 28.2 Å². The van der Waals surface area contributed by atoms with Crippen LogP contribution in [0, 0.1) is 6.92 Å². The minimum Gasteiger partial charge on any atom is -0.493 e. The summed E-state index contributed by atoms with van der Waals surface area (Å²) in [5, 5.41) is 11.0. The van der Waals surface area contributed by atoms with E-state index in [1.54, 1.807) is 11.3 Å². The number of fused-ring (bicyclic) bond motifs is 1. The monoisotopic (exact) mass is 294 g/mol. The quantitative estimate of drug-likeness (QED) is 0.930. The van der Waals surface area contributed by atoms with Gasteiger partial charge < -0.3 is 9.84 Å². The van der Waals surface area contributed by atoms with Crippen LogP contribution >= 0.6 is 22.9 Å². The highest BCUT2D eigenvalue weighted by Gasteiger charge is 2.20. The minimum absolute atomic E-state index is 0.495. The molecule has 3 rings (SSSR count). The second kappa shape index (κ2) is 5.16. The first-order valence-corrected chi connectivity index (χ1v) is 7.51. The molecule has 19 heavy (non-hydrogen) atoms. The molecule has 0 saturated heterocycles. The van der Waals surface area contributed by atoms with Crippen molar-refractivity contribution < 1.29 is 9.84 Å². The predicted molar refractivity (Wildman–Crippen MR) is 78.4 cm³/mol. The van der Waals surface area contributed by atoms with Gasteiger partial charge in [-0.05, 0) is 42.3 Å². The predicted octanol–water partition coefficient (Wildman–Crippen LogP) is 3.92. The van der Waals surface area contributed by atoms with E-state index in [1.165, 1.54) is 4.88 Å². The number of aliphatic hydroxyl groups excluding tert-OH is 1. The summed E-state index contributed by atoms with van der Waals surface area (Å²) in [5.74, 6) is 0.914. The average Bonchev–Trinajstić information content (AvgIpc) is 2.97. The lowest BCUT2D eigenvalue weighted by atomic mass is 10.0. The number of halogens is 1. The van der Waals surface area contributed by atoms with Gasteiger partial charge in [0.25, 0.3) is 0 Å². The van der Waals surface area contributed by atoms with Crippen molar-refractivity contribution in [3.63, 3.8) is 0 Å². The summed E-state index contributed by atoms with van der Waals surface area (Å²) in [6.07, 6.45) is 0.949. The van der Waals surface area contributed by atoms with Crippen LogP contribution in [0.15, 0.2) is 24.3 Å². The minimum atomic E-state index is -0.495. The molecule has 0 aliphatic carbocycles. The van der Waals surface area contributed by atoms with Crippen molar-refractivity contribution in [2.45, 2.75) is 25.9 Å². The Bertz CT molecular complexity index is 606. The van der Waals surface area contributed by atoms with E-state index >= 15 is 0 Å². The molecule has 1 atom stereocenters. The SMILES string of the molecule is Cc1ccc(C(O)Cc2cc(Cl)cc3c2OCC3)s1. The van der Waals surface area contributed by atoms with Crippen LogP contribution in [-0.2, 0) is 12.8 Å². The molecule has 100 valence electrons. The number of aryl methyl sites for hydroxylation is 1. The van der Waals surface area contributed by atoms with Crippen LogP contribution in [0.2, 0.25) is 5.02 Å². The number of hydrogen-bond donors (Lipinski definition) is 1. The zero-order chi connectivity index (χ0) is 13.4. The van der Waals surface area contributed by atoms with Crippen LogP contribution < -0.4 is 4.74 Å². The second-order valence-corrected chi connectivity index (χ2v) is 6.58. The Balaban J connectivity index is 1.87. The van der Waals surface area contributed by atoms with Gasteiger partial charge in [0.15, 0.2) is 0 Å². The zero-order valence-electron chi connectivity index (χ0n) is 10.6. The third kappa shape index (κ3) is 2.64. The van der Waals surface area contributed by atoms with Crippen molar-refractivity contribution in [1.29, 1.82) is 0 Å². The van der Waals surface area contributed by atoms with Crippen molar-refractivity contribution in [1.82, 2.24) is 0 Å². The number of hydrogen-bond acceptors (Lipinski definition) is 3. The molecule has 1 aromatic carbocycles. The number of rotatable bonds is 3. The lowest BCUT2D eigenvalue weighted by Crippen LogP contribution is -2.01. The van der Waals surface area contributed by atoms with Gasteiger partial charge >= 0.3 is 0 Å². The lowest BCUT2D eigenvalue weighted by molar-refractivity contribution is 0.181. The van der Waals surface area contributed by atoms with E-state index in [2.05, 4.69) is 0 Å². The summed E-state index contributed by atoms with van der Waals surface area (Å²) in [4.78, 5) is 2.20. The van der Waals surface area contributed by atoms with Crippen molar-refractivity contribution in [3.8, 4) is 5.75 Å². The molecule has 1 aromatic heterocycles. The maximum Gasteiger partial charge on any atom is 0.126 e. The third-order valence-corrected chi connectivity index (χ3v) is 4.65. The molecule has 1 aliphatic heterocycles. The fourth-order valence-corrected chi connectivity index (χ4v) is 3.57. The number of aliphatic hydroxyl groups is 1. The van der Waals surface area contributed by atoms with Gasteiger partial charge in [-0.3, -0.25) is 0 Å². The fraction of sp³-hybridized carbons (Fsp3) is 0.333. The van der Waals surface area contributed by atoms with E-state index in [9.17, 15) is 5.11 Å². The number of ether oxygens (including phenoxy) is 1. The van der Waals surface area contributed by atoms with E-state index in [4.69, 9.17) is 16.3 Å². The van der Waals surface area contributed by atoms with E-state index in [0.29, 0.717) is 18.1 Å². The molecule has 0 spiro atoms. The van der Waals surface area contributed by atoms with E-state index in [1.807, 2.05) is 31.2 Å². The molecule has 0 saturated carbocycles. The molecule has 1 N–H and O–H groups in total. The van der Waals surface area contributed by atoms with Crippen LogP contribution in [0.1, 0.15) is 27.0 Å². The molecular formula is C15H15ClO2S. The van der Waals surface area contributed by atoms with Gasteiger partial charge in [0.1, 0.15) is 5.75 Å². The van der Waals surface area contributed by atoms with Crippen LogP contribution in [0.3, 0.4) is 0 Å². The van der Waals surface area contributed by atoms with Crippen LogP contribution in [0.5, 0.6) is 5.75 Å². The summed E-state index contributed by atoms with van der Waals surface area (Å²) >= 11 is 7.76. The average molecular weight is 295 g/mol. The molecule has 0 radical (unpaired) electrons. The summed E-state index contributed by atoms with van der Waals surface area (Å²) in [5.41, 5.74) is 2.15. The Hall–Kier alpha value is -1.03. The number of benzene rings is 1. The Labute approximate surface area is 121 Å². The molecule has 0 bridgehead atoms. The Morgan fingerprint density at radius 1 is 1.42 bits per heavy atom. The topological polar surface area (TPSA) is 29.5 Å². The van der Waals surface area contributed by atoms with Crippen LogP contribution in [0.4, 0.5) is 0 Å². The molecule has 2 heterocycles. The third-order valence-electron chi connectivity index (χ3n) is 3.33. The normalized spacial score (nSPS) is 15.1. The van der Waals surface area contributed by atoms with Gasteiger partial charge in [-0.15, -0.1) is 11.3 Å². The maximum absolute atomic E-state index is 10.3. The molecule has 2 nitrogen and oxygen atoms in total. The Morgan fingerprint density at radius 3 is 3.00 bits per heavy atom. The highest BCUT2D eigenvalue weighted by Crippen LogP contribution is 2.36. The molecule has 0 amide bonds. The first-order valence-electron chi connectivity index (χ1n) is 6.32. The van der Waals surface area contributed by atoms with Gasteiger partial charge in [-0.25, -0.2) is 0 Å². The summed E-state index contributed by atoms with van der Waals surface area (Å²) in [7, 11) is 0. The van der Waals surface area contributed by atoms with Gasteiger partial charge in [-0.1, -0.05) is 11.6 Å². The highest BCUT2D eigenvalue weighted by molar-refractivity contribution is 7.12. The van der Waals surface area contributed by atoms with Crippen LogP contribution in [0.25, 0.3) is 0 Å². The maximum atomic E-state index is 10.3. The number of thiophene rings is 1. The van der Waals surface area contributed by atoms with Crippen molar-refractivity contribution in [2.75, 3.05) is 6.61 Å². The van der Waals surface area contributed by atoms with Crippen molar-refractivity contribution in [3.05, 3.63) is 50.2 Å². The van der Waals surface area contributed by atoms with Crippen LogP contribution in [-0.4, -0.2) is 11.7 Å². The van der Waals surface area contributed by atoms with E-state index in [-0.39, 0.29) is 0 Å². The smallest absolute Gasteiger partial charge is 0.126 e. The van der Waals surface area contributed by atoms with Gasteiger partial charge in [0.05, 0.1) is 12.7 Å². The second-order valence-electron chi connectivity index (χ2n) is 4.82. The van der Waals surface area contributed by atoms with E-state index < -0.39 is 6.10 Å². The summed E-state index contributed by atoms with van der Waals surface area (Å²) in [6, 6.07) is 7.86. The van der Waals surface area contributed by atoms with Crippen molar-refractivity contribution >= 4 is 22.9 Å². The molecule has 4 heteroatoms. The van der Waals surface area contributed by atoms with Gasteiger partial charge in [-0.2, -0.15) is 0 Å². The fourth-order valence-electron chi connectivity index (χ4n) is 2.44. The lowest BCUT2D eigenvalue weighted by Gasteiger charge is -2.12. The largest absolute Gasteiger partial charge is 0.493 e. The van der Waals surface area contributed by atoms with Crippen molar-refractivity contribution in [2.24, 2.45) is 0 Å². The zero-order valence-corrected chi connectivity index (χ0v) is 12.2. The summed E-state index contributed by atoms with van der Waals surface area (Å²) in [6.45, 7) is 2.75. The Kier molecular flexibility index (Phi) is 3.52. The molecule has 1 unspecified atom stereocenters. The molecule has 2 aromatic rings. The molecule has 1 aliphatic rings. The Morgan fingerprint density at radius 2 is 2.26 bits per heavy atom. The standard InChI is InChI=1S/C15H15ClO2S/c1-9-2-3-14(19-9)13(17)8-11-7-12(16)6-10-4-5-18-15(10)11/h2-3,6-7,13,17H,4-5,8H2,1H3. The first kappa shape index (κ1) is 13.0. The highest BCUT2D eigenvalue weighted by atomic mass is 35.5. The first-order chi connectivity index (χ1) is 9.13. The molecule has 0 fully saturated rings. The molecular weight excluding hydrogens is 280 g/mol.